The van der Waals surface area contributed by atoms with E-state index in [0.717, 1.165) is 53.0 Å². The summed E-state index contributed by atoms with van der Waals surface area (Å²) in [5.74, 6) is 1.49. The average molecular weight is 420 g/mol. The lowest BCUT2D eigenvalue weighted by Gasteiger charge is -2.32. The fourth-order valence-corrected chi connectivity index (χ4v) is 4.03. The first kappa shape index (κ1) is 21.0. The highest BCUT2D eigenvalue weighted by molar-refractivity contribution is 5.83. The number of aryl methyl sites for hydroxylation is 2. The Bertz CT molecular complexity index is 1080. The molecule has 0 unspecified atom stereocenters. The van der Waals surface area contributed by atoms with Gasteiger partial charge in [-0.25, -0.2) is 9.97 Å². The highest BCUT2D eigenvalue weighted by atomic mass is 16.5. The number of pyridine rings is 1. The van der Waals surface area contributed by atoms with E-state index in [1.807, 2.05) is 51.1 Å². The van der Waals surface area contributed by atoms with Crippen molar-refractivity contribution in [3.63, 3.8) is 0 Å². The standard InChI is InChI=1S/C24H29N5O2/c1-4-31-19-9-10-21-20(13-19)17(3)27-24(28-21)29-12-6-8-18(15-29)23(30)26-14-22-16(2)7-5-11-25-22/h5,7,9-11,13,18H,4,6,8,12,14-15H2,1-3H3,(H,26,30)/t18-/m0/s1. The van der Waals surface area contributed by atoms with Gasteiger partial charge in [0.2, 0.25) is 11.9 Å². The molecule has 3 heterocycles. The van der Waals surface area contributed by atoms with Crippen LogP contribution in [-0.4, -0.2) is 40.6 Å². The van der Waals surface area contributed by atoms with Crippen molar-refractivity contribution >= 4 is 22.8 Å². The summed E-state index contributed by atoms with van der Waals surface area (Å²) >= 11 is 0. The monoisotopic (exact) mass is 419 g/mol. The molecule has 0 saturated carbocycles. The van der Waals surface area contributed by atoms with Gasteiger partial charge in [-0.15, -0.1) is 0 Å². The predicted octanol–water partition coefficient (Wildman–Crippen LogP) is 3.57. The number of fused-ring (bicyclic) bond motifs is 1. The molecular formula is C24H29N5O2. The maximum Gasteiger partial charge on any atom is 0.226 e. The van der Waals surface area contributed by atoms with E-state index in [1.165, 1.54) is 0 Å². The van der Waals surface area contributed by atoms with Crippen LogP contribution in [0, 0.1) is 19.8 Å². The molecule has 1 aliphatic rings. The molecule has 0 aliphatic carbocycles. The molecule has 1 N–H and O–H groups in total. The topological polar surface area (TPSA) is 80.2 Å². The van der Waals surface area contributed by atoms with Crippen molar-refractivity contribution in [2.45, 2.75) is 40.2 Å². The lowest BCUT2D eigenvalue weighted by Crippen LogP contribution is -2.43. The van der Waals surface area contributed by atoms with Gasteiger partial charge in [0.05, 0.1) is 36.0 Å². The first-order chi connectivity index (χ1) is 15.0. The Hall–Kier alpha value is -3.22. The summed E-state index contributed by atoms with van der Waals surface area (Å²) in [5.41, 5.74) is 3.80. The van der Waals surface area contributed by atoms with Gasteiger partial charge in [-0.2, -0.15) is 0 Å². The molecule has 31 heavy (non-hydrogen) atoms. The molecule has 7 heteroatoms. The van der Waals surface area contributed by atoms with E-state index < -0.39 is 0 Å². The quantitative estimate of drug-likeness (QED) is 0.658. The van der Waals surface area contributed by atoms with E-state index in [1.54, 1.807) is 6.20 Å². The number of nitrogens with zero attached hydrogens (tertiary/aromatic N) is 4. The lowest BCUT2D eigenvalue weighted by atomic mass is 9.97. The van der Waals surface area contributed by atoms with Crippen LogP contribution in [0.3, 0.4) is 0 Å². The van der Waals surface area contributed by atoms with Gasteiger partial charge in [0.25, 0.3) is 0 Å². The number of ether oxygens (including phenoxy) is 1. The summed E-state index contributed by atoms with van der Waals surface area (Å²) in [7, 11) is 0. The van der Waals surface area contributed by atoms with Crippen LogP contribution in [0.25, 0.3) is 10.9 Å². The van der Waals surface area contributed by atoms with E-state index in [4.69, 9.17) is 14.7 Å². The summed E-state index contributed by atoms with van der Waals surface area (Å²) in [6.07, 6.45) is 3.56. The van der Waals surface area contributed by atoms with Crippen LogP contribution in [-0.2, 0) is 11.3 Å². The van der Waals surface area contributed by atoms with Crippen molar-refractivity contribution in [2.75, 3.05) is 24.6 Å². The van der Waals surface area contributed by atoms with E-state index >= 15 is 0 Å². The minimum Gasteiger partial charge on any atom is -0.494 e. The highest BCUT2D eigenvalue weighted by Gasteiger charge is 2.27. The van der Waals surface area contributed by atoms with Crippen LogP contribution < -0.4 is 15.0 Å². The highest BCUT2D eigenvalue weighted by Crippen LogP contribution is 2.26. The maximum absolute atomic E-state index is 12.8. The number of rotatable bonds is 6. The Kier molecular flexibility index (Phi) is 6.30. The number of piperidine rings is 1. The Labute approximate surface area is 182 Å². The predicted molar refractivity (Wildman–Crippen MR) is 121 cm³/mol. The minimum atomic E-state index is -0.0855. The Morgan fingerprint density at radius 2 is 2.13 bits per heavy atom. The van der Waals surface area contributed by atoms with E-state index in [2.05, 4.69) is 15.2 Å². The third-order valence-corrected chi connectivity index (χ3v) is 5.78. The number of hydrogen-bond donors (Lipinski definition) is 1. The molecule has 162 valence electrons. The molecule has 0 radical (unpaired) electrons. The molecule has 3 aromatic rings. The Morgan fingerprint density at radius 3 is 2.94 bits per heavy atom. The minimum absolute atomic E-state index is 0.0635. The van der Waals surface area contributed by atoms with Gasteiger partial charge in [-0.1, -0.05) is 6.07 Å². The first-order valence-electron chi connectivity index (χ1n) is 10.9. The van der Waals surface area contributed by atoms with Gasteiger partial charge >= 0.3 is 0 Å². The number of hydrogen-bond acceptors (Lipinski definition) is 6. The van der Waals surface area contributed by atoms with Crippen LogP contribution >= 0.6 is 0 Å². The van der Waals surface area contributed by atoms with Crippen molar-refractivity contribution in [3.8, 4) is 5.75 Å². The lowest BCUT2D eigenvalue weighted by molar-refractivity contribution is -0.125. The summed E-state index contributed by atoms with van der Waals surface area (Å²) in [6, 6.07) is 9.82. The zero-order valence-electron chi connectivity index (χ0n) is 18.4. The normalized spacial score (nSPS) is 16.4. The molecule has 1 fully saturated rings. The molecule has 1 atom stereocenters. The van der Waals surface area contributed by atoms with Crippen LogP contribution in [0.15, 0.2) is 36.5 Å². The zero-order valence-corrected chi connectivity index (χ0v) is 18.4. The van der Waals surface area contributed by atoms with E-state index in [0.29, 0.717) is 25.6 Å². The first-order valence-corrected chi connectivity index (χ1v) is 10.9. The SMILES string of the molecule is CCOc1ccc2nc(N3CCC[C@H](C(=O)NCc4ncccc4C)C3)nc(C)c2c1. The van der Waals surface area contributed by atoms with Crippen LogP contribution in [0.1, 0.15) is 36.7 Å². The molecule has 7 nitrogen and oxygen atoms in total. The molecule has 0 bridgehead atoms. The average Bonchev–Trinajstić information content (AvgIpc) is 2.79. The number of carbonyl (C=O) groups excluding carboxylic acids is 1. The van der Waals surface area contributed by atoms with Gasteiger partial charge < -0.3 is 15.0 Å². The molecule has 0 spiro atoms. The second-order valence-corrected chi connectivity index (χ2v) is 7.99. The molecule has 4 rings (SSSR count). The van der Waals surface area contributed by atoms with E-state index in [9.17, 15) is 4.79 Å². The molecule has 1 saturated heterocycles. The number of anilines is 1. The van der Waals surface area contributed by atoms with Crippen LogP contribution in [0.4, 0.5) is 5.95 Å². The second kappa shape index (κ2) is 9.29. The van der Waals surface area contributed by atoms with Crippen LogP contribution in [0.2, 0.25) is 0 Å². The van der Waals surface area contributed by atoms with Crippen molar-refractivity contribution in [1.82, 2.24) is 20.3 Å². The largest absolute Gasteiger partial charge is 0.494 e. The summed E-state index contributed by atoms with van der Waals surface area (Å²) in [5, 5.41) is 4.05. The number of benzene rings is 1. The summed E-state index contributed by atoms with van der Waals surface area (Å²) in [6.45, 7) is 8.52. The van der Waals surface area contributed by atoms with Gasteiger partial charge in [0, 0.05) is 24.7 Å². The van der Waals surface area contributed by atoms with Gasteiger partial charge in [0.1, 0.15) is 5.75 Å². The fourth-order valence-electron chi connectivity index (χ4n) is 4.03. The number of carbonyl (C=O) groups is 1. The maximum atomic E-state index is 12.8. The third kappa shape index (κ3) is 4.76. The number of aromatic nitrogens is 3. The van der Waals surface area contributed by atoms with Crippen molar-refractivity contribution < 1.29 is 9.53 Å². The van der Waals surface area contributed by atoms with Crippen molar-refractivity contribution in [1.29, 1.82) is 0 Å². The van der Waals surface area contributed by atoms with Gasteiger partial charge in [-0.05, 0) is 63.4 Å². The molecule has 1 amide bonds. The van der Waals surface area contributed by atoms with Gasteiger partial charge in [-0.3, -0.25) is 9.78 Å². The summed E-state index contributed by atoms with van der Waals surface area (Å²) < 4.78 is 5.60. The second-order valence-electron chi connectivity index (χ2n) is 7.99. The third-order valence-electron chi connectivity index (χ3n) is 5.78. The van der Waals surface area contributed by atoms with Crippen molar-refractivity contribution in [2.24, 2.45) is 5.92 Å². The number of nitrogens with one attached hydrogen (secondary N) is 1. The van der Waals surface area contributed by atoms with Gasteiger partial charge in [0.15, 0.2) is 0 Å². The smallest absolute Gasteiger partial charge is 0.226 e. The molecule has 1 aliphatic heterocycles. The molecule has 2 aromatic heterocycles. The fraction of sp³-hybridized carbons (Fsp3) is 0.417. The summed E-state index contributed by atoms with van der Waals surface area (Å²) in [4.78, 5) is 28.8. The number of amides is 1. The Balaban J connectivity index is 1.46. The van der Waals surface area contributed by atoms with Crippen LogP contribution in [0.5, 0.6) is 5.75 Å². The molecular weight excluding hydrogens is 390 g/mol. The zero-order chi connectivity index (χ0) is 21.8. The molecule has 1 aromatic carbocycles. The van der Waals surface area contributed by atoms with Crippen molar-refractivity contribution in [3.05, 3.63) is 53.5 Å². The van der Waals surface area contributed by atoms with E-state index in [-0.39, 0.29) is 11.8 Å². The Morgan fingerprint density at radius 1 is 1.26 bits per heavy atom.